The van der Waals surface area contributed by atoms with E-state index in [4.69, 9.17) is 5.73 Å². The molecule has 0 aliphatic heterocycles. The molecule has 2 rings (SSSR count). The van der Waals surface area contributed by atoms with Crippen LogP contribution in [0.3, 0.4) is 0 Å². The lowest BCUT2D eigenvalue weighted by atomic mass is 10.2. The van der Waals surface area contributed by atoms with E-state index in [9.17, 15) is 0 Å². The molecule has 0 aliphatic rings. The molecule has 2 aromatic rings. The fourth-order valence-corrected chi connectivity index (χ4v) is 1.47. The quantitative estimate of drug-likeness (QED) is 0.783. The third-order valence-corrected chi connectivity index (χ3v) is 2.04. The van der Waals surface area contributed by atoms with Crippen LogP contribution in [0.5, 0.6) is 0 Å². The molecule has 4 nitrogen and oxygen atoms in total. The first-order valence-electron chi connectivity index (χ1n) is 4.74. The zero-order valence-electron chi connectivity index (χ0n) is 8.44. The Labute approximate surface area is 82.7 Å². The van der Waals surface area contributed by atoms with Gasteiger partial charge in [-0.05, 0) is 12.0 Å². The van der Waals surface area contributed by atoms with Crippen molar-refractivity contribution in [2.24, 2.45) is 5.92 Å². The van der Waals surface area contributed by atoms with Crippen molar-refractivity contribution in [3.05, 3.63) is 18.5 Å². The Morgan fingerprint density at radius 1 is 1.43 bits per heavy atom. The molecule has 0 fully saturated rings. The van der Waals surface area contributed by atoms with Crippen molar-refractivity contribution in [1.29, 1.82) is 0 Å². The third kappa shape index (κ3) is 1.55. The van der Waals surface area contributed by atoms with Crippen LogP contribution in [0.25, 0.3) is 11.0 Å². The van der Waals surface area contributed by atoms with Gasteiger partial charge in [0.25, 0.3) is 0 Å². The Kier molecular flexibility index (Phi) is 2.11. The summed E-state index contributed by atoms with van der Waals surface area (Å²) >= 11 is 0. The first kappa shape index (κ1) is 8.99. The van der Waals surface area contributed by atoms with E-state index < -0.39 is 0 Å². The number of pyridine rings is 1. The molecular weight excluding hydrogens is 176 g/mol. The average Bonchev–Trinajstić information content (AvgIpc) is 2.47. The normalized spacial score (nSPS) is 11.4. The highest BCUT2D eigenvalue weighted by atomic mass is 15.3. The highest BCUT2D eigenvalue weighted by Crippen LogP contribution is 2.14. The fourth-order valence-electron chi connectivity index (χ4n) is 1.47. The first-order chi connectivity index (χ1) is 6.66. The summed E-state index contributed by atoms with van der Waals surface area (Å²) in [6.45, 7) is 5.20. The predicted octanol–water partition coefficient (Wildman–Crippen LogP) is 1.67. The molecule has 14 heavy (non-hydrogen) atoms. The van der Waals surface area contributed by atoms with Gasteiger partial charge in [-0.25, -0.2) is 9.67 Å². The number of hydrogen-bond acceptors (Lipinski definition) is 3. The summed E-state index contributed by atoms with van der Waals surface area (Å²) in [5, 5.41) is 5.28. The van der Waals surface area contributed by atoms with Gasteiger partial charge in [-0.3, -0.25) is 0 Å². The lowest BCUT2D eigenvalue weighted by Gasteiger charge is -2.05. The smallest absolute Gasteiger partial charge is 0.157 e. The molecule has 0 atom stereocenters. The maximum atomic E-state index is 5.63. The molecule has 0 bridgehead atoms. The van der Waals surface area contributed by atoms with Crippen molar-refractivity contribution in [1.82, 2.24) is 14.8 Å². The van der Waals surface area contributed by atoms with E-state index in [1.807, 2.05) is 10.7 Å². The third-order valence-electron chi connectivity index (χ3n) is 2.04. The summed E-state index contributed by atoms with van der Waals surface area (Å²) in [6.07, 6.45) is 3.47. The Bertz CT molecular complexity index is 444. The lowest BCUT2D eigenvalue weighted by Crippen LogP contribution is -2.06. The standard InChI is InChI=1S/C10H14N4/c1-7(2)6-14-10-8(4-13-14)3-9(11)5-12-10/h3-5,7H,6,11H2,1-2H3. The van der Waals surface area contributed by atoms with Crippen molar-refractivity contribution in [2.75, 3.05) is 5.73 Å². The van der Waals surface area contributed by atoms with Crippen molar-refractivity contribution < 1.29 is 0 Å². The van der Waals surface area contributed by atoms with Gasteiger partial charge in [0.2, 0.25) is 0 Å². The maximum Gasteiger partial charge on any atom is 0.157 e. The molecule has 0 amide bonds. The van der Waals surface area contributed by atoms with E-state index in [1.165, 1.54) is 0 Å². The largest absolute Gasteiger partial charge is 0.397 e. The lowest BCUT2D eigenvalue weighted by molar-refractivity contribution is 0.492. The Balaban J connectivity index is 2.47. The summed E-state index contributed by atoms with van der Waals surface area (Å²) in [7, 11) is 0. The van der Waals surface area contributed by atoms with Crippen LogP contribution in [0.2, 0.25) is 0 Å². The number of rotatable bonds is 2. The van der Waals surface area contributed by atoms with Crippen molar-refractivity contribution >= 4 is 16.7 Å². The van der Waals surface area contributed by atoms with Gasteiger partial charge in [0, 0.05) is 11.9 Å². The van der Waals surface area contributed by atoms with E-state index >= 15 is 0 Å². The maximum absolute atomic E-state index is 5.63. The summed E-state index contributed by atoms with van der Waals surface area (Å²) < 4.78 is 1.92. The molecule has 0 aliphatic carbocycles. The molecule has 0 radical (unpaired) electrons. The molecule has 0 spiro atoms. The van der Waals surface area contributed by atoms with Crippen LogP contribution < -0.4 is 5.73 Å². The second kappa shape index (κ2) is 3.29. The number of anilines is 1. The van der Waals surface area contributed by atoms with Crippen LogP contribution in [0.15, 0.2) is 18.5 Å². The number of nitrogens with zero attached hydrogens (tertiary/aromatic N) is 3. The molecule has 2 aromatic heterocycles. The van der Waals surface area contributed by atoms with E-state index in [-0.39, 0.29) is 0 Å². The van der Waals surface area contributed by atoms with Gasteiger partial charge < -0.3 is 5.73 Å². The molecule has 2 heterocycles. The second-order valence-electron chi connectivity index (χ2n) is 3.90. The minimum absolute atomic E-state index is 0.567. The van der Waals surface area contributed by atoms with Crippen molar-refractivity contribution in [3.63, 3.8) is 0 Å². The number of nitrogen functional groups attached to an aromatic ring is 1. The van der Waals surface area contributed by atoms with Crippen LogP contribution in [-0.4, -0.2) is 14.8 Å². The molecule has 4 heteroatoms. The number of fused-ring (bicyclic) bond motifs is 1. The van der Waals surface area contributed by atoms with Gasteiger partial charge in [0.15, 0.2) is 5.65 Å². The molecule has 74 valence electrons. The van der Waals surface area contributed by atoms with Crippen molar-refractivity contribution in [3.8, 4) is 0 Å². The zero-order valence-corrected chi connectivity index (χ0v) is 8.44. The summed E-state index contributed by atoms with van der Waals surface area (Å²) in [4.78, 5) is 4.27. The molecule has 0 aromatic carbocycles. The summed E-state index contributed by atoms with van der Waals surface area (Å²) in [5.41, 5.74) is 7.23. The highest BCUT2D eigenvalue weighted by molar-refractivity contribution is 5.77. The zero-order chi connectivity index (χ0) is 10.1. The Hall–Kier alpha value is -1.58. The van der Waals surface area contributed by atoms with Crippen molar-refractivity contribution in [2.45, 2.75) is 20.4 Å². The van der Waals surface area contributed by atoms with Crippen LogP contribution in [-0.2, 0) is 6.54 Å². The van der Waals surface area contributed by atoms with Gasteiger partial charge in [-0.2, -0.15) is 5.10 Å². The van der Waals surface area contributed by atoms with Gasteiger partial charge in [0.1, 0.15) is 0 Å². The second-order valence-corrected chi connectivity index (χ2v) is 3.90. The fraction of sp³-hybridized carbons (Fsp3) is 0.400. The Morgan fingerprint density at radius 3 is 2.93 bits per heavy atom. The van der Waals surface area contributed by atoms with E-state index in [0.29, 0.717) is 11.6 Å². The SMILES string of the molecule is CC(C)Cn1ncc2cc(N)cnc21. The van der Waals surface area contributed by atoms with Gasteiger partial charge >= 0.3 is 0 Å². The predicted molar refractivity (Wildman–Crippen MR) is 56.8 cm³/mol. The van der Waals surface area contributed by atoms with Crippen LogP contribution in [0.4, 0.5) is 5.69 Å². The monoisotopic (exact) mass is 190 g/mol. The Morgan fingerprint density at radius 2 is 2.21 bits per heavy atom. The van der Waals surface area contributed by atoms with E-state index in [2.05, 4.69) is 23.9 Å². The minimum atomic E-state index is 0.567. The topological polar surface area (TPSA) is 56.7 Å². The van der Waals surface area contributed by atoms with Crippen LogP contribution in [0.1, 0.15) is 13.8 Å². The molecule has 2 N–H and O–H groups in total. The first-order valence-corrected chi connectivity index (χ1v) is 4.74. The van der Waals surface area contributed by atoms with E-state index in [0.717, 1.165) is 17.6 Å². The van der Waals surface area contributed by atoms with Crippen LogP contribution >= 0.6 is 0 Å². The van der Waals surface area contributed by atoms with Gasteiger partial charge in [0.05, 0.1) is 18.1 Å². The molecule has 0 saturated carbocycles. The molecule has 0 saturated heterocycles. The summed E-state index contributed by atoms with van der Waals surface area (Å²) in [6, 6.07) is 1.90. The molecular formula is C10H14N4. The summed E-state index contributed by atoms with van der Waals surface area (Å²) in [5.74, 6) is 0.567. The number of nitrogens with two attached hydrogens (primary N) is 1. The van der Waals surface area contributed by atoms with E-state index in [1.54, 1.807) is 12.4 Å². The average molecular weight is 190 g/mol. The minimum Gasteiger partial charge on any atom is -0.397 e. The number of hydrogen-bond donors (Lipinski definition) is 1. The molecule has 0 unspecified atom stereocenters. The van der Waals surface area contributed by atoms with Gasteiger partial charge in [-0.15, -0.1) is 0 Å². The van der Waals surface area contributed by atoms with Crippen LogP contribution in [0, 0.1) is 5.92 Å². The van der Waals surface area contributed by atoms with Gasteiger partial charge in [-0.1, -0.05) is 13.8 Å². The highest BCUT2D eigenvalue weighted by Gasteiger charge is 2.05. The number of aromatic nitrogens is 3.